The van der Waals surface area contributed by atoms with Gasteiger partial charge in [0.15, 0.2) is 0 Å². The van der Waals surface area contributed by atoms with E-state index < -0.39 is 6.10 Å². The van der Waals surface area contributed by atoms with Crippen molar-refractivity contribution in [3.05, 3.63) is 29.1 Å². The summed E-state index contributed by atoms with van der Waals surface area (Å²) >= 11 is 0. The molecule has 1 atom stereocenters. The zero-order chi connectivity index (χ0) is 14.7. The highest BCUT2D eigenvalue weighted by Crippen LogP contribution is 2.30. The molecule has 1 fully saturated rings. The quantitative estimate of drug-likeness (QED) is 0.918. The van der Waals surface area contributed by atoms with Crippen LogP contribution in [0.25, 0.3) is 0 Å². The van der Waals surface area contributed by atoms with Crippen LogP contribution in [0.3, 0.4) is 0 Å². The smallest absolute Gasteiger partial charge is 0.126 e. The Labute approximate surface area is 121 Å². The van der Waals surface area contributed by atoms with Crippen molar-refractivity contribution in [2.24, 2.45) is 0 Å². The van der Waals surface area contributed by atoms with Gasteiger partial charge in [-0.25, -0.2) is 4.39 Å². The van der Waals surface area contributed by atoms with E-state index >= 15 is 0 Å². The molecule has 1 aliphatic rings. The van der Waals surface area contributed by atoms with Gasteiger partial charge in [0.1, 0.15) is 5.82 Å². The standard InChI is InChI=1S/C16H25FN2O/c1-4-5-18-6-8-19(9-7-18)16-10-12(2)15(17)11-14(16)13(3)20/h10-11,13,20H,4-9H2,1-3H3/t13-/m0/s1. The molecule has 0 aromatic heterocycles. The molecule has 1 aliphatic heterocycles. The largest absolute Gasteiger partial charge is 0.389 e. The highest BCUT2D eigenvalue weighted by atomic mass is 19.1. The fourth-order valence-electron chi connectivity index (χ4n) is 2.82. The summed E-state index contributed by atoms with van der Waals surface area (Å²) in [5.74, 6) is -0.241. The number of nitrogens with zero attached hydrogens (tertiary/aromatic N) is 2. The summed E-state index contributed by atoms with van der Waals surface area (Å²) in [7, 11) is 0. The van der Waals surface area contributed by atoms with Gasteiger partial charge in [0.05, 0.1) is 6.10 Å². The van der Waals surface area contributed by atoms with Crippen LogP contribution < -0.4 is 4.90 Å². The first-order valence-corrected chi connectivity index (χ1v) is 7.48. The summed E-state index contributed by atoms with van der Waals surface area (Å²) < 4.78 is 13.7. The molecule has 0 radical (unpaired) electrons. The van der Waals surface area contributed by atoms with Crippen molar-refractivity contribution in [1.82, 2.24) is 4.90 Å². The van der Waals surface area contributed by atoms with Crippen molar-refractivity contribution in [2.45, 2.75) is 33.3 Å². The second kappa shape index (κ2) is 6.55. The highest BCUT2D eigenvalue weighted by molar-refractivity contribution is 5.57. The Hall–Kier alpha value is -1.13. The number of aliphatic hydroxyl groups is 1. The topological polar surface area (TPSA) is 26.7 Å². The maximum atomic E-state index is 13.7. The molecule has 0 bridgehead atoms. The number of benzene rings is 1. The lowest BCUT2D eigenvalue weighted by Crippen LogP contribution is -2.46. The predicted octanol–water partition coefficient (Wildman–Crippen LogP) is 2.72. The molecular formula is C16H25FN2O. The second-order valence-electron chi connectivity index (χ2n) is 5.66. The van der Waals surface area contributed by atoms with Gasteiger partial charge in [0, 0.05) is 37.4 Å². The SMILES string of the molecule is CCCN1CCN(c2cc(C)c(F)cc2[C@H](C)O)CC1. The predicted molar refractivity (Wildman–Crippen MR) is 80.7 cm³/mol. The molecule has 112 valence electrons. The van der Waals surface area contributed by atoms with E-state index in [-0.39, 0.29) is 5.82 Å². The lowest BCUT2D eigenvalue weighted by atomic mass is 10.0. The Balaban J connectivity index is 2.18. The summed E-state index contributed by atoms with van der Waals surface area (Å²) in [5, 5.41) is 9.88. The van der Waals surface area contributed by atoms with E-state index in [0.29, 0.717) is 11.1 Å². The lowest BCUT2D eigenvalue weighted by molar-refractivity contribution is 0.198. The van der Waals surface area contributed by atoms with Gasteiger partial charge in [-0.1, -0.05) is 6.92 Å². The average Bonchev–Trinajstić information content (AvgIpc) is 2.42. The minimum absolute atomic E-state index is 0.241. The molecule has 1 aromatic rings. The van der Waals surface area contributed by atoms with Crippen LogP contribution in [0.1, 0.15) is 37.5 Å². The second-order valence-corrected chi connectivity index (χ2v) is 5.66. The Kier molecular flexibility index (Phi) is 5.00. The third kappa shape index (κ3) is 3.30. The van der Waals surface area contributed by atoms with Crippen LogP contribution in [-0.4, -0.2) is 42.7 Å². The van der Waals surface area contributed by atoms with Gasteiger partial charge in [-0.05, 0) is 44.5 Å². The Morgan fingerprint density at radius 3 is 2.45 bits per heavy atom. The maximum Gasteiger partial charge on any atom is 0.126 e. The molecule has 0 spiro atoms. The number of halogens is 1. The number of piperazine rings is 1. The molecule has 4 heteroatoms. The van der Waals surface area contributed by atoms with Crippen LogP contribution in [0.2, 0.25) is 0 Å². The van der Waals surface area contributed by atoms with E-state index in [9.17, 15) is 9.50 Å². The molecule has 0 amide bonds. The number of rotatable bonds is 4. The van der Waals surface area contributed by atoms with Crippen molar-refractivity contribution < 1.29 is 9.50 Å². The normalized spacial score (nSPS) is 18.4. The van der Waals surface area contributed by atoms with Crippen LogP contribution in [0, 0.1) is 12.7 Å². The molecule has 2 rings (SSSR count). The Bertz CT molecular complexity index is 454. The molecule has 20 heavy (non-hydrogen) atoms. The molecule has 3 nitrogen and oxygen atoms in total. The summed E-state index contributed by atoms with van der Waals surface area (Å²) in [6.45, 7) is 10.7. The van der Waals surface area contributed by atoms with Crippen molar-refractivity contribution in [1.29, 1.82) is 0 Å². The summed E-state index contributed by atoms with van der Waals surface area (Å²) in [6, 6.07) is 3.35. The van der Waals surface area contributed by atoms with Gasteiger partial charge in [-0.15, -0.1) is 0 Å². The number of hydrogen-bond acceptors (Lipinski definition) is 3. The van der Waals surface area contributed by atoms with Crippen LogP contribution in [-0.2, 0) is 0 Å². The first-order valence-electron chi connectivity index (χ1n) is 7.48. The zero-order valence-electron chi connectivity index (χ0n) is 12.7. The van der Waals surface area contributed by atoms with Crippen molar-refractivity contribution in [2.75, 3.05) is 37.6 Å². The number of hydrogen-bond donors (Lipinski definition) is 1. The fraction of sp³-hybridized carbons (Fsp3) is 0.625. The molecular weight excluding hydrogens is 255 g/mol. The maximum absolute atomic E-state index is 13.7. The average molecular weight is 280 g/mol. The lowest BCUT2D eigenvalue weighted by Gasteiger charge is -2.37. The van der Waals surface area contributed by atoms with E-state index in [1.54, 1.807) is 13.8 Å². The molecule has 1 saturated heterocycles. The summed E-state index contributed by atoms with van der Waals surface area (Å²) in [5.41, 5.74) is 2.31. The van der Waals surface area contributed by atoms with Crippen LogP contribution >= 0.6 is 0 Å². The van der Waals surface area contributed by atoms with Gasteiger partial charge in [-0.3, -0.25) is 4.90 Å². The van der Waals surface area contributed by atoms with Crippen molar-refractivity contribution >= 4 is 5.69 Å². The van der Waals surface area contributed by atoms with Crippen LogP contribution in [0.4, 0.5) is 10.1 Å². The first-order chi connectivity index (χ1) is 9.52. The molecule has 1 heterocycles. The third-order valence-electron chi connectivity index (χ3n) is 4.01. The molecule has 0 aliphatic carbocycles. The van der Waals surface area contributed by atoms with Gasteiger partial charge >= 0.3 is 0 Å². The van der Waals surface area contributed by atoms with E-state index in [1.807, 2.05) is 6.07 Å². The molecule has 0 unspecified atom stereocenters. The third-order valence-corrected chi connectivity index (χ3v) is 4.01. The number of aryl methyl sites for hydroxylation is 1. The monoisotopic (exact) mass is 280 g/mol. The molecule has 0 saturated carbocycles. The minimum Gasteiger partial charge on any atom is -0.389 e. The number of aliphatic hydroxyl groups excluding tert-OH is 1. The Morgan fingerprint density at radius 2 is 1.90 bits per heavy atom. The molecule has 1 aromatic carbocycles. The summed E-state index contributed by atoms with van der Waals surface area (Å²) in [6.07, 6.45) is 0.531. The van der Waals surface area contributed by atoms with Crippen LogP contribution in [0.5, 0.6) is 0 Å². The fourth-order valence-corrected chi connectivity index (χ4v) is 2.82. The minimum atomic E-state index is -0.645. The van der Waals surface area contributed by atoms with E-state index in [0.717, 1.165) is 38.4 Å². The van der Waals surface area contributed by atoms with Gasteiger partial charge in [-0.2, -0.15) is 0 Å². The van der Waals surface area contributed by atoms with E-state index in [1.165, 1.54) is 12.5 Å². The highest BCUT2D eigenvalue weighted by Gasteiger charge is 2.21. The van der Waals surface area contributed by atoms with Gasteiger partial charge in [0.25, 0.3) is 0 Å². The zero-order valence-corrected chi connectivity index (χ0v) is 12.7. The van der Waals surface area contributed by atoms with Crippen molar-refractivity contribution in [3.8, 4) is 0 Å². The van der Waals surface area contributed by atoms with Gasteiger partial charge in [0.2, 0.25) is 0 Å². The Morgan fingerprint density at radius 1 is 1.25 bits per heavy atom. The summed E-state index contributed by atoms with van der Waals surface area (Å²) in [4.78, 5) is 4.72. The first kappa shape index (κ1) is 15.3. The van der Waals surface area contributed by atoms with Gasteiger partial charge < -0.3 is 10.0 Å². The van der Waals surface area contributed by atoms with E-state index in [2.05, 4.69) is 16.7 Å². The van der Waals surface area contributed by atoms with E-state index in [4.69, 9.17) is 0 Å². The molecule has 1 N–H and O–H groups in total. The number of anilines is 1. The van der Waals surface area contributed by atoms with Crippen molar-refractivity contribution in [3.63, 3.8) is 0 Å². The van der Waals surface area contributed by atoms with Crippen LogP contribution in [0.15, 0.2) is 12.1 Å².